The average Bonchev–Trinajstić information content (AvgIpc) is 3.23. The third-order valence-corrected chi connectivity index (χ3v) is 8.14. The number of fused-ring (bicyclic) bond motifs is 5. The second-order valence-electron chi connectivity index (χ2n) is 9.50. The number of imide groups is 2. The molecule has 182 valence electrons. The van der Waals surface area contributed by atoms with Crippen molar-refractivity contribution in [2.24, 2.45) is 5.41 Å². The zero-order valence-electron chi connectivity index (χ0n) is 19.6. The molecule has 3 aliphatic heterocycles. The number of ether oxygens (including phenoxy) is 1. The van der Waals surface area contributed by atoms with E-state index in [2.05, 4.69) is 22.5 Å². The molecule has 3 aliphatic rings. The molecule has 7 nitrogen and oxygen atoms in total. The molecule has 3 aromatic rings. The Bertz CT molecular complexity index is 1470. The van der Waals surface area contributed by atoms with Gasteiger partial charge in [-0.2, -0.15) is 0 Å². The average molecular weight is 504 g/mol. The predicted octanol–water partition coefficient (Wildman–Crippen LogP) is 3.33. The van der Waals surface area contributed by atoms with Gasteiger partial charge in [0.25, 0.3) is 0 Å². The third kappa shape index (κ3) is 3.40. The highest BCUT2D eigenvalue weighted by Gasteiger charge is 2.63. The molecule has 2 N–H and O–H groups in total. The Morgan fingerprint density at radius 1 is 1.08 bits per heavy atom. The number of morpholine rings is 1. The van der Waals surface area contributed by atoms with Crippen molar-refractivity contribution in [3.05, 3.63) is 64.3 Å². The molecule has 2 saturated heterocycles. The van der Waals surface area contributed by atoms with Gasteiger partial charge in [0.1, 0.15) is 5.82 Å². The molecule has 2 fully saturated rings. The summed E-state index contributed by atoms with van der Waals surface area (Å²) < 4.78 is 22.7. The number of hydrogen-bond acceptors (Lipinski definition) is 6. The summed E-state index contributed by atoms with van der Waals surface area (Å²) in [7, 11) is 0. The van der Waals surface area contributed by atoms with Gasteiger partial charge in [-0.1, -0.05) is 30.0 Å². The first-order chi connectivity index (χ1) is 17.3. The predicted molar refractivity (Wildman–Crippen MR) is 133 cm³/mol. The van der Waals surface area contributed by atoms with Crippen molar-refractivity contribution in [1.82, 2.24) is 10.6 Å². The molecule has 4 amide bonds. The molecule has 36 heavy (non-hydrogen) atoms. The second kappa shape index (κ2) is 8.15. The second-order valence-corrected chi connectivity index (χ2v) is 10.6. The Kier molecular flexibility index (Phi) is 5.14. The van der Waals surface area contributed by atoms with Gasteiger partial charge in [0.05, 0.1) is 28.8 Å². The van der Waals surface area contributed by atoms with E-state index in [1.807, 2.05) is 37.3 Å². The normalized spacial score (nSPS) is 24.5. The number of benzene rings is 2. The summed E-state index contributed by atoms with van der Waals surface area (Å²) in [5, 5.41) is 5.58. The fraction of sp³-hybridized carbons (Fsp3) is 0.296. The fourth-order valence-electron chi connectivity index (χ4n) is 5.78. The molecule has 1 spiro atoms. The number of nitrogens with one attached hydrogen (secondary N) is 2. The van der Waals surface area contributed by atoms with Gasteiger partial charge in [-0.15, -0.1) is 11.3 Å². The SMILES string of the molecule is C[C@@H]1CN2c3c(F)cc(C#Cc4cc5ccccc5s4)cc3CC3(C(=O)NC(=O)NC3=O)[C@H]2[C@H](C)O1. The molecule has 1 aromatic heterocycles. The van der Waals surface area contributed by atoms with E-state index in [0.717, 1.165) is 15.0 Å². The van der Waals surface area contributed by atoms with E-state index in [0.29, 0.717) is 23.4 Å². The van der Waals surface area contributed by atoms with Crippen LogP contribution in [0.15, 0.2) is 42.5 Å². The maximum absolute atomic E-state index is 15.7. The summed E-state index contributed by atoms with van der Waals surface area (Å²) >= 11 is 1.56. The van der Waals surface area contributed by atoms with Crippen LogP contribution in [0.2, 0.25) is 0 Å². The van der Waals surface area contributed by atoms with Crippen molar-refractivity contribution in [3.8, 4) is 11.8 Å². The van der Waals surface area contributed by atoms with Crippen LogP contribution in [0.25, 0.3) is 10.1 Å². The van der Waals surface area contributed by atoms with E-state index in [1.165, 1.54) is 6.07 Å². The fourth-order valence-corrected chi connectivity index (χ4v) is 6.70. The Morgan fingerprint density at radius 3 is 2.58 bits per heavy atom. The highest BCUT2D eigenvalue weighted by atomic mass is 32.1. The molecular formula is C27H22FN3O4S. The first-order valence-corrected chi connectivity index (χ1v) is 12.5. The Hall–Kier alpha value is -3.74. The minimum atomic E-state index is -1.65. The summed E-state index contributed by atoms with van der Waals surface area (Å²) in [5.74, 6) is 4.28. The molecule has 2 aromatic carbocycles. The quantitative estimate of drug-likeness (QED) is 0.363. The van der Waals surface area contributed by atoms with Gasteiger partial charge >= 0.3 is 6.03 Å². The number of barbiturate groups is 1. The van der Waals surface area contributed by atoms with Crippen LogP contribution in [0, 0.1) is 23.1 Å². The van der Waals surface area contributed by atoms with Crippen molar-refractivity contribution in [2.75, 3.05) is 11.4 Å². The van der Waals surface area contributed by atoms with E-state index in [4.69, 9.17) is 4.74 Å². The number of carbonyl (C=O) groups is 3. The lowest BCUT2D eigenvalue weighted by Gasteiger charge is -2.55. The van der Waals surface area contributed by atoms with Gasteiger partial charge in [0, 0.05) is 23.2 Å². The Morgan fingerprint density at radius 2 is 1.83 bits per heavy atom. The number of carbonyl (C=O) groups excluding carboxylic acids is 3. The number of urea groups is 1. The van der Waals surface area contributed by atoms with E-state index in [9.17, 15) is 14.4 Å². The topological polar surface area (TPSA) is 87.7 Å². The Balaban J connectivity index is 1.46. The summed E-state index contributed by atoms with van der Waals surface area (Å²) in [4.78, 5) is 41.0. The standard InChI is InChI=1S/C27H22FN3O4S/c1-14-13-31-22-18(12-27(23(31)15(2)35-14)24(32)29-26(34)30-25(27)33)9-16(10-20(22)28)7-8-19-11-17-5-3-4-6-21(17)36-19/h3-6,9-11,14-15,23H,12-13H2,1-2H3,(H2,29,30,32,33,34)/t14-,15+,23-/m1/s1. The van der Waals surface area contributed by atoms with Crippen LogP contribution in [0.1, 0.15) is 29.9 Å². The maximum atomic E-state index is 15.7. The molecule has 0 bridgehead atoms. The van der Waals surface area contributed by atoms with E-state index in [1.54, 1.807) is 29.2 Å². The van der Waals surface area contributed by atoms with Crippen molar-refractivity contribution < 1.29 is 23.5 Å². The molecule has 9 heteroatoms. The number of anilines is 1. The van der Waals surface area contributed by atoms with Crippen LogP contribution < -0.4 is 15.5 Å². The van der Waals surface area contributed by atoms with Crippen molar-refractivity contribution in [2.45, 2.75) is 38.5 Å². The van der Waals surface area contributed by atoms with Crippen LogP contribution in [0.3, 0.4) is 0 Å². The number of halogens is 1. The lowest BCUT2D eigenvalue weighted by Crippen LogP contribution is -2.75. The lowest BCUT2D eigenvalue weighted by atomic mass is 9.66. The molecule has 0 radical (unpaired) electrons. The largest absolute Gasteiger partial charge is 0.372 e. The van der Waals surface area contributed by atoms with Crippen LogP contribution in [0.4, 0.5) is 14.9 Å². The zero-order valence-corrected chi connectivity index (χ0v) is 20.4. The van der Waals surface area contributed by atoms with Crippen LogP contribution in [-0.2, 0) is 20.7 Å². The smallest absolute Gasteiger partial charge is 0.328 e. The third-order valence-electron chi connectivity index (χ3n) is 7.10. The van der Waals surface area contributed by atoms with Gasteiger partial charge < -0.3 is 9.64 Å². The summed E-state index contributed by atoms with van der Waals surface area (Å²) in [6, 6.07) is 11.5. The van der Waals surface area contributed by atoms with Gasteiger partial charge in [0.2, 0.25) is 11.8 Å². The van der Waals surface area contributed by atoms with Crippen LogP contribution in [0.5, 0.6) is 0 Å². The number of rotatable bonds is 0. The van der Waals surface area contributed by atoms with Crippen molar-refractivity contribution in [1.29, 1.82) is 0 Å². The highest BCUT2D eigenvalue weighted by molar-refractivity contribution is 7.19. The zero-order chi connectivity index (χ0) is 25.2. The number of thiophene rings is 1. The van der Waals surface area contributed by atoms with Gasteiger partial charge in [-0.3, -0.25) is 20.2 Å². The van der Waals surface area contributed by atoms with Crippen molar-refractivity contribution >= 4 is 45.0 Å². The maximum Gasteiger partial charge on any atom is 0.328 e. The van der Waals surface area contributed by atoms with Gasteiger partial charge in [-0.05, 0) is 49.1 Å². The minimum Gasteiger partial charge on any atom is -0.372 e. The van der Waals surface area contributed by atoms with Crippen LogP contribution >= 0.6 is 11.3 Å². The van der Waals surface area contributed by atoms with Crippen molar-refractivity contribution in [3.63, 3.8) is 0 Å². The number of hydrogen-bond donors (Lipinski definition) is 2. The number of amides is 4. The highest BCUT2D eigenvalue weighted by Crippen LogP contribution is 2.47. The molecule has 4 heterocycles. The summed E-state index contributed by atoms with van der Waals surface area (Å²) in [6.07, 6.45) is -0.882. The molecule has 6 rings (SSSR count). The van der Waals surface area contributed by atoms with E-state index < -0.39 is 41.2 Å². The molecule has 0 unspecified atom stereocenters. The molecule has 3 atom stereocenters. The van der Waals surface area contributed by atoms with E-state index in [-0.39, 0.29) is 12.5 Å². The molecule has 0 aliphatic carbocycles. The Labute approximate surface area is 210 Å². The molecular weight excluding hydrogens is 481 g/mol. The number of nitrogens with zero attached hydrogens (tertiary/aromatic N) is 1. The molecule has 0 saturated carbocycles. The van der Waals surface area contributed by atoms with E-state index >= 15 is 4.39 Å². The first-order valence-electron chi connectivity index (χ1n) is 11.7. The summed E-state index contributed by atoms with van der Waals surface area (Å²) in [5.41, 5.74) is -0.366. The monoisotopic (exact) mass is 503 g/mol. The summed E-state index contributed by atoms with van der Waals surface area (Å²) in [6.45, 7) is 3.92. The van der Waals surface area contributed by atoms with Gasteiger partial charge in [0.15, 0.2) is 5.41 Å². The van der Waals surface area contributed by atoms with Gasteiger partial charge in [-0.25, -0.2) is 9.18 Å². The minimum absolute atomic E-state index is 0.0775. The first kappa shape index (κ1) is 22.7. The van der Waals surface area contributed by atoms with Crippen LogP contribution in [-0.4, -0.2) is 42.6 Å². The lowest BCUT2D eigenvalue weighted by molar-refractivity contribution is -0.153.